The van der Waals surface area contributed by atoms with Crippen LogP contribution in [0.1, 0.15) is 15.2 Å². The van der Waals surface area contributed by atoms with Gasteiger partial charge in [0, 0.05) is 16.9 Å². The highest BCUT2D eigenvalue weighted by Crippen LogP contribution is 2.30. The van der Waals surface area contributed by atoms with E-state index in [0.717, 1.165) is 15.3 Å². The Morgan fingerprint density at radius 2 is 1.85 bits per heavy atom. The maximum atomic E-state index is 12.2. The maximum absolute atomic E-state index is 12.2. The van der Waals surface area contributed by atoms with Gasteiger partial charge in [-0.15, -0.1) is 11.3 Å². The Morgan fingerprint density at radius 1 is 1.05 bits per heavy atom. The van der Waals surface area contributed by atoms with Gasteiger partial charge in [-0.05, 0) is 46.7 Å². The average Bonchev–Trinajstić information content (AvgIpc) is 3.11. The van der Waals surface area contributed by atoms with Crippen LogP contribution in [0.2, 0.25) is 0 Å². The molecule has 3 rings (SSSR count). The number of ketones is 1. The summed E-state index contributed by atoms with van der Waals surface area (Å²) in [7, 11) is 0. The van der Waals surface area contributed by atoms with E-state index >= 15 is 0 Å². The largest absolute Gasteiger partial charge is 0.508 e. The second-order valence-electron chi connectivity index (χ2n) is 4.44. The standard InChI is InChI=1S/C16H12O2S2/c17-13-3-1-11(2-4-13)9-14(18)16-6-5-15(20-16)12-7-8-19-10-12/h1-8,10,17H,9H2. The van der Waals surface area contributed by atoms with Crippen LogP contribution in [0.5, 0.6) is 5.75 Å². The topological polar surface area (TPSA) is 37.3 Å². The van der Waals surface area contributed by atoms with Gasteiger partial charge < -0.3 is 5.11 Å². The number of carbonyl (C=O) groups excluding carboxylic acids is 1. The van der Waals surface area contributed by atoms with Crippen molar-refractivity contribution in [3.63, 3.8) is 0 Å². The number of carbonyl (C=O) groups is 1. The molecule has 0 spiro atoms. The number of hydrogen-bond acceptors (Lipinski definition) is 4. The molecule has 0 unspecified atom stereocenters. The lowest BCUT2D eigenvalue weighted by Crippen LogP contribution is -2.00. The molecule has 0 saturated carbocycles. The van der Waals surface area contributed by atoms with Crippen LogP contribution in [0.15, 0.2) is 53.2 Å². The van der Waals surface area contributed by atoms with Crippen LogP contribution in [0.3, 0.4) is 0 Å². The van der Waals surface area contributed by atoms with Gasteiger partial charge in [-0.3, -0.25) is 4.79 Å². The Hall–Kier alpha value is -1.91. The molecule has 0 atom stereocenters. The molecule has 0 aliphatic carbocycles. The quantitative estimate of drug-likeness (QED) is 0.715. The number of phenolic OH excluding ortho intramolecular Hbond substituents is 1. The van der Waals surface area contributed by atoms with Crippen molar-refractivity contribution in [2.45, 2.75) is 6.42 Å². The summed E-state index contributed by atoms with van der Waals surface area (Å²) in [5.41, 5.74) is 2.09. The van der Waals surface area contributed by atoms with Crippen LogP contribution in [0, 0.1) is 0 Å². The predicted octanol–water partition coefficient (Wildman–Crippen LogP) is 4.61. The van der Waals surface area contributed by atoms with E-state index in [2.05, 4.69) is 11.4 Å². The third-order valence-electron chi connectivity index (χ3n) is 2.99. The fraction of sp³-hybridized carbons (Fsp3) is 0.0625. The Labute approximate surface area is 125 Å². The van der Waals surface area contributed by atoms with Crippen LogP contribution < -0.4 is 0 Å². The van der Waals surface area contributed by atoms with Crippen LogP contribution >= 0.6 is 22.7 Å². The highest BCUT2D eigenvalue weighted by atomic mass is 32.1. The molecule has 2 aromatic heterocycles. The second-order valence-corrected chi connectivity index (χ2v) is 6.31. The number of benzene rings is 1. The minimum atomic E-state index is 0.113. The molecule has 0 aliphatic heterocycles. The molecule has 3 aromatic rings. The summed E-state index contributed by atoms with van der Waals surface area (Å²) in [5.74, 6) is 0.333. The SMILES string of the molecule is O=C(Cc1ccc(O)cc1)c1ccc(-c2ccsc2)s1. The number of rotatable bonds is 4. The Bertz CT molecular complexity index is 709. The Morgan fingerprint density at radius 3 is 2.55 bits per heavy atom. The van der Waals surface area contributed by atoms with Gasteiger partial charge in [0.25, 0.3) is 0 Å². The third-order valence-corrected chi connectivity index (χ3v) is 4.85. The van der Waals surface area contributed by atoms with E-state index in [0.29, 0.717) is 6.42 Å². The molecule has 100 valence electrons. The van der Waals surface area contributed by atoms with Gasteiger partial charge in [-0.2, -0.15) is 11.3 Å². The fourth-order valence-electron chi connectivity index (χ4n) is 1.93. The molecular formula is C16H12O2S2. The zero-order valence-electron chi connectivity index (χ0n) is 10.6. The van der Waals surface area contributed by atoms with Crippen molar-refractivity contribution in [1.82, 2.24) is 0 Å². The van der Waals surface area contributed by atoms with Crippen molar-refractivity contribution < 1.29 is 9.90 Å². The molecule has 0 saturated heterocycles. The first-order valence-electron chi connectivity index (χ1n) is 6.16. The van der Waals surface area contributed by atoms with E-state index in [4.69, 9.17) is 0 Å². The summed E-state index contributed by atoms with van der Waals surface area (Å²) in [4.78, 5) is 14.1. The monoisotopic (exact) mass is 300 g/mol. The first-order chi connectivity index (χ1) is 9.72. The lowest BCUT2D eigenvalue weighted by Gasteiger charge is -1.99. The van der Waals surface area contributed by atoms with Crippen LogP contribution in [0.4, 0.5) is 0 Å². The molecule has 4 heteroatoms. The Kier molecular flexibility index (Phi) is 3.67. The fourth-order valence-corrected chi connectivity index (χ4v) is 3.60. The lowest BCUT2D eigenvalue weighted by atomic mass is 10.1. The third kappa shape index (κ3) is 2.81. The van der Waals surface area contributed by atoms with Gasteiger partial charge in [0.15, 0.2) is 5.78 Å². The first-order valence-corrected chi connectivity index (χ1v) is 7.92. The highest BCUT2D eigenvalue weighted by Gasteiger charge is 2.11. The summed E-state index contributed by atoms with van der Waals surface area (Å²) in [6, 6.07) is 12.7. The van der Waals surface area contributed by atoms with E-state index in [1.165, 1.54) is 16.9 Å². The van der Waals surface area contributed by atoms with E-state index in [-0.39, 0.29) is 11.5 Å². The van der Waals surface area contributed by atoms with Crippen molar-refractivity contribution in [3.8, 4) is 16.2 Å². The predicted molar refractivity (Wildman–Crippen MR) is 83.8 cm³/mol. The molecular weight excluding hydrogens is 288 g/mol. The number of aromatic hydroxyl groups is 1. The summed E-state index contributed by atoms with van der Waals surface area (Å²) in [5, 5.41) is 13.4. The molecule has 20 heavy (non-hydrogen) atoms. The second kappa shape index (κ2) is 5.61. The smallest absolute Gasteiger partial charge is 0.177 e. The molecule has 0 aliphatic rings. The molecule has 2 nitrogen and oxygen atoms in total. The number of phenols is 1. The van der Waals surface area contributed by atoms with Gasteiger partial charge in [-0.25, -0.2) is 0 Å². The number of Topliss-reactive ketones (excluding diaryl/α,β-unsaturated/α-hetero) is 1. The molecule has 0 amide bonds. The van der Waals surface area contributed by atoms with Crippen molar-refractivity contribution in [2.75, 3.05) is 0 Å². The van der Waals surface area contributed by atoms with Crippen molar-refractivity contribution in [2.24, 2.45) is 0 Å². The summed E-state index contributed by atoms with van der Waals surface area (Å²) >= 11 is 3.18. The van der Waals surface area contributed by atoms with Crippen molar-refractivity contribution in [1.29, 1.82) is 0 Å². The number of thiophene rings is 2. The van der Waals surface area contributed by atoms with Gasteiger partial charge in [0.2, 0.25) is 0 Å². The van der Waals surface area contributed by atoms with Gasteiger partial charge in [-0.1, -0.05) is 12.1 Å². The van der Waals surface area contributed by atoms with Crippen molar-refractivity contribution >= 4 is 28.5 Å². The van der Waals surface area contributed by atoms with Gasteiger partial charge in [0.1, 0.15) is 5.75 Å². The molecule has 0 fully saturated rings. The zero-order valence-corrected chi connectivity index (χ0v) is 12.2. The van der Waals surface area contributed by atoms with Gasteiger partial charge in [0.05, 0.1) is 4.88 Å². The van der Waals surface area contributed by atoms with Gasteiger partial charge >= 0.3 is 0 Å². The molecule has 0 bridgehead atoms. The maximum Gasteiger partial charge on any atom is 0.177 e. The van der Waals surface area contributed by atoms with E-state index < -0.39 is 0 Å². The molecule has 0 radical (unpaired) electrons. The Balaban J connectivity index is 1.76. The molecule has 1 N–H and O–H groups in total. The lowest BCUT2D eigenvalue weighted by molar-refractivity contribution is 0.0997. The molecule has 1 aromatic carbocycles. The van der Waals surface area contributed by atoms with Crippen LogP contribution in [0.25, 0.3) is 10.4 Å². The first kappa shape index (κ1) is 13.1. The van der Waals surface area contributed by atoms with E-state index in [1.54, 1.807) is 35.6 Å². The summed E-state index contributed by atoms with van der Waals surface area (Å²) in [6.45, 7) is 0. The number of hydrogen-bond donors (Lipinski definition) is 1. The van der Waals surface area contributed by atoms with Crippen LogP contribution in [-0.4, -0.2) is 10.9 Å². The van der Waals surface area contributed by atoms with Crippen LogP contribution in [-0.2, 0) is 6.42 Å². The summed E-state index contributed by atoms with van der Waals surface area (Å²) < 4.78 is 0. The zero-order chi connectivity index (χ0) is 13.9. The minimum Gasteiger partial charge on any atom is -0.508 e. The minimum absolute atomic E-state index is 0.113. The van der Waals surface area contributed by atoms with E-state index in [1.807, 2.05) is 17.5 Å². The van der Waals surface area contributed by atoms with Crippen molar-refractivity contribution in [3.05, 3.63) is 63.7 Å². The summed E-state index contributed by atoms with van der Waals surface area (Å²) in [6.07, 6.45) is 0.365. The normalized spacial score (nSPS) is 10.6. The average molecular weight is 300 g/mol. The highest BCUT2D eigenvalue weighted by molar-refractivity contribution is 7.17. The molecule has 2 heterocycles. The van der Waals surface area contributed by atoms with E-state index in [9.17, 15) is 9.90 Å².